The summed E-state index contributed by atoms with van der Waals surface area (Å²) in [5.41, 5.74) is 5.52. The van der Waals surface area contributed by atoms with Crippen LogP contribution < -0.4 is 0 Å². The predicted octanol–water partition coefficient (Wildman–Crippen LogP) is 5.79. The van der Waals surface area contributed by atoms with Crippen molar-refractivity contribution in [3.63, 3.8) is 0 Å². The molecule has 0 N–H and O–H groups in total. The van der Waals surface area contributed by atoms with Gasteiger partial charge in [-0.15, -0.1) is 13.3 Å². The number of hydrogen-bond acceptors (Lipinski definition) is 0. The molecule has 0 heterocycles. The van der Waals surface area contributed by atoms with Crippen molar-refractivity contribution in [1.29, 1.82) is 0 Å². The number of allylic oxidation sites excluding steroid dienone is 8. The fraction of sp³-hybridized carbons (Fsp3) is 0.467. The van der Waals surface area contributed by atoms with Gasteiger partial charge in [-0.25, -0.2) is 17.2 Å². The Labute approximate surface area is 130 Å². The van der Waals surface area contributed by atoms with Crippen LogP contribution in [0.5, 0.6) is 0 Å². The van der Waals surface area contributed by atoms with Gasteiger partial charge in [-0.3, -0.25) is 12.2 Å². The monoisotopic (exact) mass is 360 g/mol. The molecule has 2 aliphatic carbocycles. The Morgan fingerprint density at radius 3 is 1.89 bits per heavy atom. The Morgan fingerprint density at radius 1 is 1.22 bits per heavy atom. The summed E-state index contributed by atoms with van der Waals surface area (Å²) >= 11 is -0.826. The van der Waals surface area contributed by atoms with E-state index in [1.807, 2.05) is 0 Å². The van der Waals surface area contributed by atoms with Crippen LogP contribution in [-0.2, 0) is 20.8 Å². The molecule has 0 radical (unpaired) electrons. The maximum absolute atomic E-state index is 4.93. The second-order valence-electron chi connectivity index (χ2n) is 4.34. The van der Waals surface area contributed by atoms with Crippen LogP contribution in [0.15, 0.2) is 34.4 Å². The van der Waals surface area contributed by atoms with Gasteiger partial charge in [0.25, 0.3) is 0 Å². The van der Waals surface area contributed by atoms with Crippen LogP contribution in [0.4, 0.5) is 0 Å². The minimum atomic E-state index is -0.826. The first kappa shape index (κ1) is 18.4. The molecule has 3 heteroatoms. The summed E-state index contributed by atoms with van der Waals surface area (Å²) in [6.45, 7) is 10.7. The van der Waals surface area contributed by atoms with Crippen molar-refractivity contribution in [1.82, 2.24) is 0 Å². The van der Waals surface area contributed by atoms with Crippen LogP contribution in [0.1, 0.15) is 41.0 Å². The summed E-state index contributed by atoms with van der Waals surface area (Å²) in [5, 5.41) is 0. The molecule has 0 fully saturated rings. The number of halogens is 2. The molecule has 0 aromatic rings. The summed E-state index contributed by atoms with van der Waals surface area (Å²) in [5.74, 6) is 0.560. The topological polar surface area (TPSA) is 0 Å². The van der Waals surface area contributed by atoms with Crippen LogP contribution in [0.2, 0.25) is 0 Å². The Morgan fingerprint density at radius 2 is 1.78 bits per heavy atom. The Hall–Kier alpha value is 0.423. The molecule has 2 rings (SSSR count). The molecule has 0 aliphatic heterocycles. The summed E-state index contributed by atoms with van der Waals surface area (Å²) in [7, 11) is 9.87. The average Bonchev–Trinajstić information content (AvgIpc) is 2.86. The van der Waals surface area contributed by atoms with E-state index in [1.165, 1.54) is 22.3 Å². The van der Waals surface area contributed by atoms with Gasteiger partial charge in [0, 0.05) is 0 Å². The van der Waals surface area contributed by atoms with Crippen molar-refractivity contribution in [3.05, 3.63) is 46.6 Å². The molecule has 98 valence electrons. The zero-order chi connectivity index (χ0) is 14.1. The first-order valence-electron chi connectivity index (χ1n) is 5.92. The zero-order valence-corrected chi connectivity index (χ0v) is 15.7. The SMILES string of the molecule is CC1=[C-]C(C)C(C)=C1C.CC1=[C-]CC=C1.[Cl][Zr+2][Cl]. The molecule has 1 unspecified atom stereocenters. The van der Waals surface area contributed by atoms with E-state index in [9.17, 15) is 0 Å². The fourth-order valence-electron chi connectivity index (χ4n) is 1.68. The van der Waals surface area contributed by atoms with Gasteiger partial charge in [0.2, 0.25) is 0 Å². The van der Waals surface area contributed by atoms with Crippen LogP contribution in [0.3, 0.4) is 0 Å². The van der Waals surface area contributed by atoms with Gasteiger partial charge in [-0.1, -0.05) is 33.6 Å². The van der Waals surface area contributed by atoms with E-state index in [2.05, 4.69) is 58.9 Å². The Bertz CT molecular complexity index is 373. The molecule has 0 aromatic carbocycles. The molecule has 0 amide bonds. The van der Waals surface area contributed by atoms with Crippen LogP contribution in [-0.4, -0.2) is 0 Å². The number of hydrogen-bond donors (Lipinski definition) is 0. The maximum atomic E-state index is 4.93. The van der Waals surface area contributed by atoms with Crippen LogP contribution in [0, 0.1) is 18.1 Å². The van der Waals surface area contributed by atoms with E-state index in [1.54, 1.807) is 0 Å². The van der Waals surface area contributed by atoms with Crippen molar-refractivity contribution >= 4 is 17.0 Å². The van der Waals surface area contributed by atoms with Gasteiger partial charge in [0.15, 0.2) is 0 Å². The van der Waals surface area contributed by atoms with E-state index in [4.69, 9.17) is 17.0 Å². The summed E-state index contributed by atoms with van der Waals surface area (Å²) < 4.78 is 0. The molecule has 0 saturated heterocycles. The van der Waals surface area contributed by atoms with Crippen molar-refractivity contribution in [3.8, 4) is 0 Å². The van der Waals surface area contributed by atoms with Gasteiger partial charge >= 0.3 is 37.9 Å². The quantitative estimate of drug-likeness (QED) is 0.478. The third kappa shape index (κ3) is 7.12. The molecular weight excluding hydrogens is 342 g/mol. The third-order valence-corrected chi connectivity index (χ3v) is 3.10. The van der Waals surface area contributed by atoms with Crippen molar-refractivity contribution in [2.75, 3.05) is 0 Å². The van der Waals surface area contributed by atoms with Gasteiger partial charge in [-0.05, 0) is 0 Å². The van der Waals surface area contributed by atoms with E-state index >= 15 is 0 Å². The minimum absolute atomic E-state index is 0.560. The molecule has 0 aromatic heterocycles. The summed E-state index contributed by atoms with van der Waals surface area (Å²) in [4.78, 5) is 0. The molecule has 18 heavy (non-hydrogen) atoms. The standard InChI is InChI=1S/C9H13.C6H7.2ClH.Zr/c1-6-5-7(2)9(4)8(6)3;1-6-4-2-3-5-6;;;/h6H,1-4H3;2,4H,3H2,1H3;2*1H;/q2*-1;;;+4/p-2. The van der Waals surface area contributed by atoms with Crippen molar-refractivity contribution in [2.24, 2.45) is 5.92 Å². The normalized spacial score (nSPS) is 20.3. The van der Waals surface area contributed by atoms with Gasteiger partial charge in [-0.2, -0.15) is 17.2 Å². The molecule has 1 atom stereocenters. The summed E-state index contributed by atoms with van der Waals surface area (Å²) in [6.07, 6.45) is 11.7. The molecule has 0 nitrogen and oxygen atoms in total. The molecule has 0 spiro atoms. The van der Waals surface area contributed by atoms with E-state index in [0.29, 0.717) is 5.92 Å². The molecule has 2 aliphatic rings. The fourth-order valence-corrected chi connectivity index (χ4v) is 1.68. The molecule has 0 bridgehead atoms. The summed E-state index contributed by atoms with van der Waals surface area (Å²) in [6, 6.07) is 0. The molecular formula is C15H20Cl2Zr. The van der Waals surface area contributed by atoms with E-state index < -0.39 is 20.8 Å². The van der Waals surface area contributed by atoms with Gasteiger partial charge in [0.1, 0.15) is 0 Å². The first-order valence-corrected chi connectivity index (χ1v) is 12.2. The van der Waals surface area contributed by atoms with E-state index in [0.717, 1.165) is 6.42 Å². The average molecular weight is 362 g/mol. The second-order valence-corrected chi connectivity index (χ2v) is 8.07. The van der Waals surface area contributed by atoms with Gasteiger partial charge in [0.05, 0.1) is 0 Å². The molecule has 0 saturated carbocycles. The van der Waals surface area contributed by atoms with Gasteiger partial charge < -0.3 is 0 Å². The Balaban J connectivity index is 0.000000278. The van der Waals surface area contributed by atoms with Crippen LogP contribution in [0.25, 0.3) is 0 Å². The van der Waals surface area contributed by atoms with Crippen molar-refractivity contribution in [2.45, 2.75) is 41.0 Å². The third-order valence-electron chi connectivity index (χ3n) is 3.10. The van der Waals surface area contributed by atoms with Crippen molar-refractivity contribution < 1.29 is 20.8 Å². The zero-order valence-electron chi connectivity index (χ0n) is 11.7. The Kier molecular flexibility index (Phi) is 10.5. The first-order chi connectivity index (χ1) is 8.43. The predicted molar refractivity (Wildman–Crippen MR) is 77.9 cm³/mol. The number of rotatable bonds is 0. The second kappa shape index (κ2) is 10.2. The van der Waals surface area contributed by atoms with Crippen LogP contribution >= 0.6 is 17.0 Å². The van der Waals surface area contributed by atoms with E-state index in [-0.39, 0.29) is 0 Å².